The van der Waals surface area contributed by atoms with Crippen LogP contribution < -0.4 is 5.32 Å². The molecule has 1 saturated heterocycles. The Morgan fingerprint density at radius 1 is 1.62 bits per heavy atom. The molecule has 0 spiro atoms. The third-order valence-corrected chi connectivity index (χ3v) is 3.87. The van der Waals surface area contributed by atoms with Crippen molar-refractivity contribution in [3.05, 3.63) is 22.1 Å². The number of hydrogen-bond donors (Lipinski definition) is 2. The molecule has 1 aromatic rings. The summed E-state index contributed by atoms with van der Waals surface area (Å²) in [6.45, 7) is 0. The van der Waals surface area contributed by atoms with Gasteiger partial charge in [0, 0.05) is 19.9 Å². The van der Waals surface area contributed by atoms with Gasteiger partial charge < -0.3 is 25.1 Å². The van der Waals surface area contributed by atoms with Crippen LogP contribution in [0.15, 0.2) is 6.33 Å². The zero-order valence-corrected chi connectivity index (χ0v) is 13.1. The van der Waals surface area contributed by atoms with Crippen LogP contribution in [0.4, 0.5) is 5.82 Å². The summed E-state index contributed by atoms with van der Waals surface area (Å²) in [4.78, 5) is 53.4. The molecule has 1 aromatic heterocycles. The Morgan fingerprint density at radius 2 is 2.33 bits per heavy atom. The molecule has 24 heavy (non-hydrogen) atoms. The highest BCUT2D eigenvalue weighted by Crippen LogP contribution is 2.18. The highest BCUT2D eigenvalue weighted by atomic mass is 16.6. The van der Waals surface area contributed by atoms with Crippen molar-refractivity contribution >= 4 is 23.6 Å². The average Bonchev–Trinajstić information content (AvgIpc) is 3.13. The average molecular weight is 339 g/mol. The first-order chi connectivity index (χ1) is 11.3. The van der Waals surface area contributed by atoms with E-state index < -0.39 is 28.9 Å². The molecule has 1 aliphatic rings. The minimum Gasteiger partial charge on any atom is -0.467 e. The van der Waals surface area contributed by atoms with Gasteiger partial charge in [0.2, 0.25) is 11.8 Å². The van der Waals surface area contributed by atoms with Gasteiger partial charge in [-0.3, -0.25) is 9.59 Å². The molecule has 2 atom stereocenters. The van der Waals surface area contributed by atoms with Crippen molar-refractivity contribution in [2.45, 2.75) is 31.3 Å². The largest absolute Gasteiger partial charge is 0.467 e. The highest BCUT2D eigenvalue weighted by molar-refractivity contribution is 5.93. The van der Waals surface area contributed by atoms with E-state index >= 15 is 0 Å². The number of amides is 2. The number of carbonyl (C=O) groups is 3. The van der Waals surface area contributed by atoms with E-state index in [9.17, 15) is 24.5 Å². The second-order valence-electron chi connectivity index (χ2n) is 5.30. The van der Waals surface area contributed by atoms with Crippen LogP contribution in [0.5, 0.6) is 0 Å². The predicted octanol–water partition coefficient (Wildman–Crippen LogP) is -0.861. The zero-order valence-electron chi connectivity index (χ0n) is 13.1. The van der Waals surface area contributed by atoms with Gasteiger partial charge in [0.05, 0.1) is 7.11 Å². The Hall–Kier alpha value is -2.98. The quantitative estimate of drug-likeness (QED) is 0.389. The highest BCUT2D eigenvalue weighted by Gasteiger charge is 2.36. The van der Waals surface area contributed by atoms with Crippen molar-refractivity contribution in [3.63, 3.8) is 0 Å². The number of aromatic nitrogens is 2. The van der Waals surface area contributed by atoms with Crippen molar-refractivity contribution in [1.82, 2.24) is 20.2 Å². The fraction of sp³-hybridized carbons (Fsp3) is 0.538. The summed E-state index contributed by atoms with van der Waals surface area (Å²) in [5.74, 6) is -1.79. The minimum atomic E-state index is -1.14. The number of likely N-dealkylation sites (tertiary alicyclic amines) is 1. The van der Waals surface area contributed by atoms with Crippen molar-refractivity contribution in [2.75, 3.05) is 14.2 Å². The van der Waals surface area contributed by atoms with Gasteiger partial charge in [-0.05, 0) is 11.3 Å². The number of carbonyl (C=O) groups excluding carboxylic acids is 3. The van der Waals surface area contributed by atoms with Crippen molar-refractivity contribution in [3.8, 4) is 0 Å². The number of ether oxygens (including phenoxy) is 1. The van der Waals surface area contributed by atoms with Crippen molar-refractivity contribution in [2.24, 2.45) is 0 Å². The third kappa shape index (κ3) is 3.50. The van der Waals surface area contributed by atoms with Crippen LogP contribution in [0.1, 0.15) is 18.5 Å². The molecule has 2 amide bonds. The number of nitrogens with zero attached hydrogens (tertiary/aromatic N) is 3. The Labute approximate surface area is 136 Å². The number of aromatic amines is 1. The lowest BCUT2D eigenvalue weighted by Gasteiger charge is -2.22. The first-order valence-electron chi connectivity index (χ1n) is 7.15. The van der Waals surface area contributed by atoms with Gasteiger partial charge in [0.1, 0.15) is 17.8 Å². The van der Waals surface area contributed by atoms with Crippen LogP contribution in [0.25, 0.3) is 0 Å². The summed E-state index contributed by atoms with van der Waals surface area (Å²) in [5, 5.41) is 13.4. The molecule has 0 saturated carbocycles. The molecule has 130 valence electrons. The van der Waals surface area contributed by atoms with Crippen molar-refractivity contribution in [1.29, 1.82) is 0 Å². The van der Waals surface area contributed by atoms with Crippen LogP contribution in [-0.2, 0) is 25.5 Å². The van der Waals surface area contributed by atoms with E-state index in [2.05, 4.69) is 20.0 Å². The number of nitrogens with one attached hydrogen (secondary N) is 2. The number of methoxy groups -OCH3 is 1. The molecule has 0 aromatic carbocycles. The molecular formula is C13H17N5O6. The number of nitro groups is 1. The van der Waals surface area contributed by atoms with Gasteiger partial charge in [0.15, 0.2) is 6.33 Å². The van der Waals surface area contributed by atoms with Crippen LogP contribution >= 0.6 is 0 Å². The lowest BCUT2D eigenvalue weighted by molar-refractivity contribution is -0.390. The molecule has 2 unspecified atom stereocenters. The topological polar surface area (TPSA) is 148 Å². The second-order valence-corrected chi connectivity index (χ2v) is 5.30. The van der Waals surface area contributed by atoms with E-state index in [1.54, 1.807) is 0 Å². The molecule has 2 rings (SSSR count). The van der Waals surface area contributed by atoms with Gasteiger partial charge in [-0.15, -0.1) is 0 Å². The van der Waals surface area contributed by atoms with Gasteiger partial charge in [-0.1, -0.05) is 0 Å². The van der Waals surface area contributed by atoms with E-state index in [1.807, 2.05) is 0 Å². The van der Waals surface area contributed by atoms with Crippen LogP contribution in [0.3, 0.4) is 0 Å². The molecule has 11 heteroatoms. The van der Waals surface area contributed by atoms with Gasteiger partial charge in [-0.2, -0.15) is 0 Å². The fourth-order valence-electron chi connectivity index (χ4n) is 2.53. The predicted molar refractivity (Wildman–Crippen MR) is 78.7 cm³/mol. The molecule has 0 bridgehead atoms. The third-order valence-electron chi connectivity index (χ3n) is 3.87. The van der Waals surface area contributed by atoms with Gasteiger partial charge in [0.25, 0.3) is 0 Å². The maximum absolute atomic E-state index is 12.3. The molecule has 11 nitrogen and oxygen atoms in total. The molecule has 0 aliphatic carbocycles. The number of hydrogen-bond acceptors (Lipinski definition) is 7. The number of H-pyrrole nitrogens is 1. The van der Waals surface area contributed by atoms with Crippen molar-refractivity contribution < 1.29 is 24.0 Å². The maximum atomic E-state index is 12.3. The standard InChI is InChI=1S/C13H17N5O6/c1-17-9(3-4-10(17)19)12(20)16-8(13(21)24-2)5-7-11(18(22)23)15-6-14-7/h6,8-9H,3-5H2,1-2H3,(H,14,15)(H,16,20). The van der Waals surface area contributed by atoms with Crippen LogP contribution in [-0.4, -0.2) is 63.8 Å². The summed E-state index contributed by atoms with van der Waals surface area (Å²) < 4.78 is 4.63. The van der Waals surface area contributed by atoms with Gasteiger partial charge in [-0.25, -0.2) is 14.8 Å². The Morgan fingerprint density at radius 3 is 2.88 bits per heavy atom. The molecule has 2 N–H and O–H groups in total. The zero-order chi connectivity index (χ0) is 17.9. The molecule has 1 aliphatic heterocycles. The normalized spacial score (nSPS) is 18.3. The summed E-state index contributed by atoms with van der Waals surface area (Å²) in [5.41, 5.74) is 0.0200. The number of rotatable bonds is 6. The summed E-state index contributed by atoms with van der Waals surface area (Å²) >= 11 is 0. The Bertz CT molecular complexity index is 672. The summed E-state index contributed by atoms with van der Waals surface area (Å²) in [6, 6.07) is -1.83. The molecule has 1 fully saturated rings. The van der Waals surface area contributed by atoms with E-state index in [-0.39, 0.29) is 30.3 Å². The Kier molecular flexibility index (Phi) is 5.11. The summed E-state index contributed by atoms with van der Waals surface area (Å²) in [7, 11) is 2.65. The number of esters is 1. The SMILES string of the molecule is COC(=O)C(Cc1nc[nH]c1[N+](=O)[O-])NC(=O)C1CCC(=O)N1C. The number of likely N-dealkylation sites (N-methyl/N-ethyl adjacent to an activating group) is 1. The smallest absolute Gasteiger partial charge is 0.343 e. The second kappa shape index (κ2) is 7.06. The fourth-order valence-corrected chi connectivity index (χ4v) is 2.53. The van der Waals surface area contributed by atoms with E-state index in [0.29, 0.717) is 6.42 Å². The van der Waals surface area contributed by atoms with Gasteiger partial charge >= 0.3 is 11.8 Å². The van der Waals surface area contributed by atoms with E-state index in [4.69, 9.17) is 0 Å². The molecule has 0 radical (unpaired) electrons. The Balaban J connectivity index is 2.13. The van der Waals surface area contributed by atoms with E-state index in [1.165, 1.54) is 11.9 Å². The minimum absolute atomic E-state index is 0.0200. The first-order valence-corrected chi connectivity index (χ1v) is 7.15. The van der Waals surface area contributed by atoms with E-state index in [0.717, 1.165) is 13.4 Å². The molecular weight excluding hydrogens is 322 g/mol. The lowest BCUT2D eigenvalue weighted by atomic mass is 10.1. The lowest BCUT2D eigenvalue weighted by Crippen LogP contribution is -2.50. The van der Waals surface area contributed by atoms with Crippen LogP contribution in [0, 0.1) is 10.1 Å². The maximum Gasteiger partial charge on any atom is 0.343 e. The molecule has 2 heterocycles. The van der Waals surface area contributed by atoms with Crippen LogP contribution in [0.2, 0.25) is 0 Å². The monoisotopic (exact) mass is 339 g/mol. The number of imidazole rings is 1. The first kappa shape index (κ1) is 17.4. The summed E-state index contributed by atoms with van der Waals surface area (Å²) in [6.07, 6.45) is 1.52.